The average Bonchev–Trinajstić information content (AvgIpc) is 2.57. The Morgan fingerprint density at radius 2 is 2.37 bits per heavy atom. The third kappa shape index (κ3) is 1.69. The Bertz CT molecular complexity index is 496. The SMILES string of the molecule is C=CCC1(C(=O)OC)C(=CC(=O)O)O[C@@H]2CC(=O)N21. The lowest BCUT2D eigenvalue weighted by Gasteiger charge is -2.40. The highest BCUT2D eigenvalue weighted by molar-refractivity contribution is 5.97. The second-order valence-corrected chi connectivity index (χ2v) is 4.23. The molecule has 7 nitrogen and oxygen atoms in total. The maximum atomic E-state index is 12.1. The number of ether oxygens (including phenoxy) is 2. The Kier molecular flexibility index (Phi) is 3.05. The van der Waals surface area contributed by atoms with Crippen molar-refractivity contribution in [1.82, 2.24) is 4.90 Å². The van der Waals surface area contributed by atoms with Crippen LogP contribution in [0.2, 0.25) is 0 Å². The maximum absolute atomic E-state index is 12.1. The van der Waals surface area contributed by atoms with E-state index in [0.29, 0.717) is 0 Å². The van der Waals surface area contributed by atoms with E-state index in [1.54, 1.807) is 0 Å². The van der Waals surface area contributed by atoms with Crippen molar-refractivity contribution >= 4 is 17.8 Å². The molecule has 0 radical (unpaired) electrons. The lowest BCUT2D eigenvalue weighted by molar-refractivity contribution is -0.171. The van der Waals surface area contributed by atoms with Crippen LogP contribution >= 0.6 is 0 Å². The second-order valence-electron chi connectivity index (χ2n) is 4.23. The monoisotopic (exact) mass is 267 g/mol. The van der Waals surface area contributed by atoms with E-state index in [0.717, 1.165) is 6.08 Å². The van der Waals surface area contributed by atoms with E-state index >= 15 is 0 Å². The third-order valence-corrected chi connectivity index (χ3v) is 3.21. The molecule has 2 aliphatic rings. The van der Waals surface area contributed by atoms with E-state index in [1.807, 2.05) is 0 Å². The van der Waals surface area contributed by atoms with Crippen molar-refractivity contribution in [3.8, 4) is 0 Å². The zero-order valence-electron chi connectivity index (χ0n) is 10.3. The topological polar surface area (TPSA) is 93.1 Å². The number of esters is 1. The Hall–Kier alpha value is -2.31. The fourth-order valence-corrected chi connectivity index (χ4v) is 2.43. The molecule has 2 rings (SSSR count). The van der Waals surface area contributed by atoms with Crippen LogP contribution in [0, 0.1) is 0 Å². The fourth-order valence-electron chi connectivity index (χ4n) is 2.43. The number of carboxylic acid groups (broad SMARTS) is 1. The van der Waals surface area contributed by atoms with Gasteiger partial charge in [-0.25, -0.2) is 9.59 Å². The van der Waals surface area contributed by atoms with Crippen LogP contribution in [0.25, 0.3) is 0 Å². The Labute approximate surface area is 109 Å². The number of rotatable bonds is 4. The molecule has 1 amide bonds. The number of carbonyl (C=O) groups is 3. The van der Waals surface area contributed by atoms with Gasteiger partial charge in [-0.15, -0.1) is 6.58 Å². The quantitative estimate of drug-likeness (QED) is 0.334. The van der Waals surface area contributed by atoms with Gasteiger partial charge in [0.05, 0.1) is 19.6 Å². The molecule has 7 heteroatoms. The van der Waals surface area contributed by atoms with Crippen molar-refractivity contribution in [1.29, 1.82) is 0 Å². The van der Waals surface area contributed by atoms with Crippen LogP contribution in [-0.2, 0) is 23.9 Å². The second kappa shape index (κ2) is 4.42. The highest BCUT2D eigenvalue weighted by Gasteiger charge is 2.64. The summed E-state index contributed by atoms with van der Waals surface area (Å²) in [5.41, 5.74) is -1.55. The molecule has 1 unspecified atom stereocenters. The standard InChI is InChI=1S/C12H13NO6/c1-3-4-12(11(17)18-2)7(5-10(15)16)19-9-6-8(14)13(9)12/h3,5,9H,1,4,6H2,2H3,(H,15,16)/t9-,12?/m1/s1. The number of nitrogens with zero attached hydrogens (tertiary/aromatic N) is 1. The van der Waals surface area contributed by atoms with Gasteiger partial charge in [0.2, 0.25) is 11.4 Å². The Balaban J connectivity index is 2.54. The minimum absolute atomic E-state index is 0.0288. The number of fused-ring (bicyclic) bond motifs is 1. The molecule has 2 saturated heterocycles. The van der Waals surface area contributed by atoms with Gasteiger partial charge >= 0.3 is 11.9 Å². The molecule has 2 heterocycles. The number of hydrogen-bond acceptors (Lipinski definition) is 5. The predicted octanol–water partition coefficient (Wildman–Crippen LogP) is 0.0314. The van der Waals surface area contributed by atoms with Gasteiger partial charge in [-0.3, -0.25) is 9.69 Å². The van der Waals surface area contributed by atoms with Crippen molar-refractivity contribution in [3.05, 3.63) is 24.5 Å². The zero-order valence-corrected chi connectivity index (χ0v) is 10.3. The maximum Gasteiger partial charge on any atom is 0.340 e. The molecule has 2 fully saturated rings. The molecule has 2 aliphatic heterocycles. The molecule has 1 N–H and O–H groups in total. The number of methoxy groups -OCH3 is 1. The zero-order chi connectivity index (χ0) is 14.2. The summed E-state index contributed by atoms with van der Waals surface area (Å²) in [6.07, 6.45) is 1.74. The predicted molar refractivity (Wildman–Crippen MR) is 61.6 cm³/mol. The summed E-state index contributed by atoms with van der Waals surface area (Å²) in [7, 11) is 1.17. The van der Waals surface area contributed by atoms with Crippen molar-refractivity contribution < 1.29 is 29.0 Å². The van der Waals surface area contributed by atoms with Crippen molar-refractivity contribution in [2.45, 2.75) is 24.6 Å². The summed E-state index contributed by atoms with van der Waals surface area (Å²) < 4.78 is 10.1. The molecule has 0 aromatic heterocycles. The summed E-state index contributed by atoms with van der Waals surface area (Å²) in [6.45, 7) is 3.53. The average molecular weight is 267 g/mol. The smallest absolute Gasteiger partial charge is 0.340 e. The number of β-lactam (4-membered cyclic amide) rings is 1. The van der Waals surface area contributed by atoms with Gasteiger partial charge in [0.1, 0.15) is 5.76 Å². The summed E-state index contributed by atoms with van der Waals surface area (Å²) in [4.78, 5) is 35.8. The van der Waals surface area contributed by atoms with Crippen molar-refractivity contribution in [2.24, 2.45) is 0 Å². The van der Waals surface area contributed by atoms with Crippen LogP contribution in [0.3, 0.4) is 0 Å². The normalized spacial score (nSPS) is 30.4. The minimum Gasteiger partial charge on any atom is -0.478 e. The summed E-state index contributed by atoms with van der Waals surface area (Å²) in [5.74, 6) is -2.38. The van der Waals surface area contributed by atoms with Gasteiger partial charge in [-0.2, -0.15) is 0 Å². The molecular weight excluding hydrogens is 254 g/mol. The van der Waals surface area contributed by atoms with Crippen LogP contribution in [-0.4, -0.2) is 46.7 Å². The Morgan fingerprint density at radius 1 is 1.68 bits per heavy atom. The molecule has 0 saturated carbocycles. The van der Waals surface area contributed by atoms with Crippen LogP contribution < -0.4 is 0 Å². The number of aliphatic carboxylic acids is 1. The van der Waals surface area contributed by atoms with Crippen LogP contribution in [0.1, 0.15) is 12.8 Å². The first kappa shape index (κ1) is 13.1. The van der Waals surface area contributed by atoms with Crippen LogP contribution in [0.4, 0.5) is 0 Å². The number of hydrogen-bond donors (Lipinski definition) is 1. The molecular formula is C12H13NO6. The highest BCUT2D eigenvalue weighted by atomic mass is 16.6. The lowest BCUT2D eigenvalue weighted by atomic mass is 9.88. The molecule has 0 aliphatic carbocycles. The van der Waals surface area contributed by atoms with E-state index < -0.39 is 23.7 Å². The van der Waals surface area contributed by atoms with Crippen molar-refractivity contribution in [3.63, 3.8) is 0 Å². The van der Waals surface area contributed by atoms with Crippen LogP contribution in [0.5, 0.6) is 0 Å². The van der Waals surface area contributed by atoms with Gasteiger partial charge in [-0.1, -0.05) is 6.08 Å². The van der Waals surface area contributed by atoms with Crippen LogP contribution in [0.15, 0.2) is 24.5 Å². The fraction of sp³-hybridized carbons (Fsp3) is 0.417. The first-order chi connectivity index (χ1) is 8.97. The minimum atomic E-state index is -1.55. The lowest BCUT2D eigenvalue weighted by Crippen LogP contribution is -2.62. The molecule has 0 aromatic rings. The summed E-state index contributed by atoms with van der Waals surface area (Å²) in [5, 5.41) is 8.85. The van der Waals surface area contributed by atoms with Crippen molar-refractivity contribution in [2.75, 3.05) is 7.11 Å². The Morgan fingerprint density at radius 3 is 2.84 bits per heavy atom. The van der Waals surface area contributed by atoms with E-state index in [2.05, 4.69) is 6.58 Å². The first-order valence-electron chi connectivity index (χ1n) is 5.60. The number of carbonyl (C=O) groups excluding carboxylic acids is 2. The van der Waals surface area contributed by atoms with Gasteiger partial charge in [0.15, 0.2) is 6.23 Å². The number of amides is 1. The molecule has 0 aromatic carbocycles. The molecule has 2 atom stereocenters. The molecule has 0 bridgehead atoms. The number of carboxylic acids is 1. The van der Waals surface area contributed by atoms with Gasteiger partial charge in [-0.05, 0) is 0 Å². The van der Waals surface area contributed by atoms with E-state index in [1.165, 1.54) is 18.1 Å². The molecule has 102 valence electrons. The summed E-state index contributed by atoms with van der Waals surface area (Å²) in [6, 6.07) is 0. The van der Waals surface area contributed by atoms with Gasteiger partial charge in [0, 0.05) is 6.42 Å². The third-order valence-electron chi connectivity index (χ3n) is 3.21. The van der Waals surface area contributed by atoms with Gasteiger partial charge < -0.3 is 14.6 Å². The molecule has 0 spiro atoms. The first-order valence-corrected chi connectivity index (χ1v) is 5.60. The largest absolute Gasteiger partial charge is 0.478 e. The van der Waals surface area contributed by atoms with E-state index in [4.69, 9.17) is 14.6 Å². The highest BCUT2D eigenvalue weighted by Crippen LogP contribution is 2.46. The summed E-state index contributed by atoms with van der Waals surface area (Å²) >= 11 is 0. The van der Waals surface area contributed by atoms with Gasteiger partial charge in [0.25, 0.3) is 0 Å². The van der Waals surface area contributed by atoms with E-state index in [9.17, 15) is 14.4 Å². The molecule has 19 heavy (non-hydrogen) atoms. The van der Waals surface area contributed by atoms with E-state index in [-0.39, 0.29) is 24.5 Å².